The van der Waals surface area contributed by atoms with Gasteiger partial charge in [0, 0.05) is 17.7 Å². The molecule has 3 N–H and O–H groups in total. The average Bonchev–Trinajstić information content (AvgIpc) is 2.82. The van der Waals surface area contributed by atoms with Crippen LogP contribution >= 0.6 is 0 Å². The summed E-state index contributed by atoms with van der Waals surface area (Å²) in [6, 6.07) is 7.14. The van der Waals surface area contributed by atoms with E-state index < -0.39 is 5.91 Å². The molecule has 2 rings (SSSR count). The number of hydrogen-bond donors (Lipinski definition) is 2. The van der Waals surface area contributed by atoms with E-state index in [0.717, 1.165) is 18.4 Å². The molecule has 1 aromatic rings. The first kappa shape index (κ1) is 14.3. The fourth-order valence-electron chi connectivity index (χ4n) is 2.52. The zero-order valence-electron chi connectivity index (χ0n) is 11.6. The predicted molar refractivity (Wildman–Crippen MR) is 78.9 cm³/mol. The molecule has 0 aromatic heterocycles. The number of benzene rings is 1. The van der Waals surface area contributed by atoms with Gasteiger partial charge in [-0.1, -0.05) is 19.1 Å². The Morgan fingerprint density at radius 1 is 1.25 bits per heavy atom. The Bertz CT molecular complexity index is 520. The van der Waals surface area contributed by atoms with Gasteiger partial charge in [0.2, 0.25) is 11.8 Å². The minimum absolute atomic E-state index is 0.0666. The third kappa shape index (κ3) is 3.95. The van der Waals surface area contributed by atoms with Crippen molar-refractivity contribution in [2.24, 2.45) is 11.7 Å². The van der Waals surface area contributed by atoms with E-state index in [1.54, 1.807) is 30.3 Å². The molecule has 0 saturated heterocycles. The Balaban J connectivity index is 1.88. The summed E-state index contributed by atoms with van der Waals surface area (Å²) in [5.74, 6) is 0.183. The van der Waals surface area contributed by atoms with Gasteiger partial charge in [-0.3, -0.25) is 9.59 Å². The summed E-state index contributed by atoms with van der Waals surface area (Å²) >= 11 is 0. The van der Waals surface area contributed by atoms with Gasteiger partial charge in [-0.15, -0.1) is 0 Å². The summed E-state index contributed by atoms with van der Waals surface area (Å²) in [5.41, 5.74) is 6.50. The molecule has 0 heterocycles. The zero-order valence-corrected chi connectivity index (χ0v) is 11.6. The molecule has 1 aliphatic carbocycles. The maximum atomic E-state index is 11.8. The van der Waals surface area contributed by atoms with Crippen LogP contribution in [0, 0.1) is 5.92 Å². The fraction of sp³-hybridized carbons (Fsp3) is 0.375. The standard InChI is InChI=1S/C16H20N2O2/c1-11-2-8-14(10-11)18-15(19)9-5-12-3-6-13(7-4-12)16(17)20/h3-7,9,11,14H,2,8,10H2,1H3,(H2,17,20)(H,18,19)/b9-5+. The van der Waals surface area contributed by atoms with Crippen LogP contribution in [0.2, 0.25) is 0 Å². The number of carbonyl (C=O) groups excluding carboxylic acids is 2. The number of primary amides is 1. The first-order valence-corrected chi connectivity index (χ1v) is 6.93. The third-order valence-electron chi connectivity index (χ3n) is 3.66. The highest BCUT2D eigenvalue weighted by Crippen LogP contribution is 2.24. The molecule has 1 aromatic carbocycles. The molecule has 4 heteroatoms. The molecule has 106 valence electrons. The highest BCUT2D eigenvalue weighted by Gasteiger charge is 2.21. The number of amides is 2. The Morgan fingerprint density at radius 3 is 2.50 bits per heavy atom. The molecule has 20 heavy (non-hydrogen) atoms. The van der Waals surface area contributed by atoms with Crippen LogP contribution < -0.4 is 11.1 Å². The van der Waals surface area contributed by atoms with Gasteiger partial charge in [-0.25, -0.2) is 0 Å². The molecule has 2 amide bonds. The number of carbonyl (C=O) groups is 2. The SMILES string of the molecule is CC1CCC(NC(=O)/C=C/c2ccc(C(N)=O)cc2)C1. The lowest BCUT2D eigenvalue weighted by Gasteiger charge is -2.10. The second-order valence-corrected chi connectivity index (χ2v) is 5.44. The molecule has 0 spiro atoms. The van der Waals surface area contributed by atoms with E-state index in [2.05, 4.69) is 12.2 Å². The molecule has 4 nitrogen and oxygen atoms in total. The molecule has 2 unspecified atom stereocenters. The molecule has 1 saturated carbocycles. The summed E-state index contributed by atoms with van der Waals surface area (Å²) in [5, 5.41) is 3.01. The van der Waals surface area contributed by atoms with E-state index in [1.165, 1.54) is 12.5 Å². The van der Waals surface area contributed by atoms with Gasteiger partial charge in [0.1, 0.15) is 0 Å². The quantitative estimate of drug-likeness (QED) is 0.824. The summed E-state index contributed by atoms with van der Waals surface area (Å²) < 4.78 is 0. The summed E-state index contributed by atoms with van der Waals surface area (Å²) in [6.45, 7) is 2.21. The first-order chi connectivity index (χ1) is 9.54. The molecule has 1 fully saturated rings. The largest absolute Gasteiger partial charge is 0.366 e. The van der Waals surface area contributed by atoms with Crippen molar-refractivity contribution in [1.82, 2.24) is 5.32 Å². The topological polar surface area (TPSA) is 72.2 Å². The molecule has 2 atom stereocenters. The van der Waals surface area contributed by atoms with Crippen LogP contribution in [-0.2, 0) is 4.79 Å². The van der Waals surface area contributed by atoms with Crippen LogP contribution in [0.1, 0.15) is 42.1 Å². The smallest absolute Gasteiger partial charge is 0.248 e. The number of nitrogens with one attached hydrogen (secondary N) is 1. The van der Waals surface area contributed by atoms with E-state index in [-0.39, 0.29) is 5.91 Å². The van der Waals surface area contributed by atoms with Crippen LogP contribution in [0.3, 0.4) is 0 Å². The highest BCUT2D eigenvalue weighted by molar-refractivity contribution is 5.94. The Labute approximate surface area is 119 Å². The molecule has 0 bridgehead atoms. The maximum absolute atomic E-state index is 11.8. The van der Waals surface area contributed by atoms with Gasteiger partial charge in [0.05, 0.1) is 0 Å². The van der Waals surface area contributed by atoms with Crippen molar-refractivity contribution in [1.29, 1.82) is 0 Å². The minimum Gasteiger partial charge on any atom is -0.366 e. The minimum atomic E-state index is -0.450. The van der Waals surface area contributed by atoms with Crippen molar-refractivity contribution >= 4 is 17.9 Å². The van der Waals surface area contributed by atoms with E-state index in [0.29, 0.717) is 17.5 Å². The Morgan fingerprint density at radius 2 is 1.95 bits per heavy atom. The normalized spacial score (nSPS) is 22.1. The molecule has 1 aliphatic rings. The van der Waals surface area contributed by atoms with Crippen molar-refractivity contribution in [3.05, 3.63) is 41.5 Å². The van der Waals surface area contributed by atoms with Gasteiger partial charge in [0.15, 0.2) is 0 Å². The third-order valence-corrected chi connectivity index (χ3v) is 3.66. The molecule has 0 aliphatic heterocycles. The van der Waals surface area contributed by atoms with E-state index in [9.17, 15) is 9.59 Å². The second kappa shape index (κ2) is 6.37. The lowest BCUT2D eigenvalue weighted by Crippen LogP contribution is -2.31. The van der Waals surface area contributed by atoms with Gasteiger partial charge in [-0.05, 0) is 49.0 Å². The average molecular weight is 272 g/mol. The highest BCUT2D eigenvalue weighted by atomic mass is 16.1. The van der Waals surface area contributed by atoms with Crippen molar-refractivity contribution < 1.29 is 9.59 Å². The van der Waals surface area contributed by atoms with Crippen molar-refractivity contribution in [3.8, 4) is 0 Å². The van der Waals surface area contributed by atoms with E-state index in [4.69, 9.17) is 5.73 Å². The number of rotatable bonds is 4. The van der Waals surface area contributed by atoms with Crippen LogP contribution in [0.25, 0.3) is 6.08 Å². The van der Waals surface area contributed by atoms with Crippen LogP contribution in [0.4, 0.5) is 0 Å². The van der Waals surface area contributed by atoms with Gasteiger partial charge < -0.3 is 11.1 Å². The Kier molecular flexibility index (Phi) is 4.56. The van der Waals surface area contributed by atoms with E-state index >= 15 is 0 Å². The van der Waals surface area contributed by atoms with E-state index in [1.807, 2.05) is 0 Å². The predicted octanol–water partition coefficient (Wildman–Crippen LogP) is 2.10. The van der Waals surface area contributed by atoms with Gasteiger partial charge >= 0.3 is 0 Å². The van der Waals surface area contributed by atoms with Crippen molar-refractivity contribution in [2.45, 2.75) is 32.2 Å². The number of nitrogens with two attached hydrogens (primary N) is 1. The maximum Gasteiger partial charge on any atom is 0.248 e. The van der Waals surface area contributed by atoms with Gasteiger partial charge in [0.25, 0.3) is 0 Å². The molecule has 0 radical (unpaired) electrons. The van der Waals surface area contributed by atoms with Crippen molar-refractivity contribution in [2.75, 3.05) is 0 Å². The Hall–Kier alpha value is -2.10. The monoisotopic (exact) mass is 272 g/mol. The van der Waals surface area contributed by atoms with Crippen LogP contribution in [-0.4, -0.2) is 17.9 Å². The number of hydrogen-bond acceptors (Lipinski definition) is 2. The van der Waals surface area contributed by atoms with Gasteiger partial charge in [-0.2, -0.15) is 0 Å². The van der Waals surface area contributed by atoms with Crippen LogP contribution in [0.5, 0.6) is 0 Å². The summed E-state index contributed by atoms with van der Waals surface area (Å²) in [4.78, 5) is 22.7. The summed E-state index contributed by atoms with van der Waals surface area (Å²) in [6.07, 6.45) is 6.57. The van der Waals surface area contributed by atoms with Crippen LogP contribution in [0.15, 0.2) is 30.3 Å². The van der Waals surface area contributed by atoms with Crippen molar-refractivity contribution in [3.63, 3.8) is 0 Å². The summed E-state index contributed by atoms with van der Waals surface area (Å²) in [7, 11) is 0. The fourth-order valence-corrected chi connectivity index (χ4v) is 2.52. The lowest BCUT2D eigenvalue weighted by molar-refractivity contribution is -0.117. The first-order valence-electron chi connectivity index (χ1n) is 6.93. The lowest BCUT2D eigenvalue weighted by atomic mass is 10.1. The second-order valence-electron chi connectivity index (χ2n) is 5.44. The zero-order chi connectivity index (χ0) is 14.5. The molecular weight excluding hydrogens is 252 g/mol. The molecular formula is C16H20N2O2.